The van der Waals surface area contributed by atoms with E-state index in [1.165, 1.54) is 22.4 Å². The third-order valence-corrected chi connectivity index (χ3v) is 6.39. The van der Waals surface area contributed by atoms with E-state index in [2.05, 4.69) is 31.5 Å². The van der Waals surface area contributed by atoms with E-state index in [1.54, 1.807) is 6.20 Å². The Morgan fingerprint density at radius 3 is 2.51 bits per heavy atom. The van der Waals surface area contributed by atoms with Crippen LogP contribution in [0.4, 0.5) is 17.6 Å². The standard InChI is InChI=1S/C24H20F4N6O/c25-19-8-15(22-30-31-23(35-22)21(26)27)2-4-17(19)11-34-12-20(29-32-34)14-1-3-16-9-33(10-18(16)7-14)13-24(28)5-6-24/h1-4,7-8,12,21H,5-6,9-11,13H2. The second kappa shape index (κ2) is 8.26. The van der Waals surface area contributed by atoms with E-state index >= 15 is 0 Å². The quantitative estimate of drug-likeness (QED) is 0.346. The highest BCUT2D eigenvalue weighted by molar-refractivity contribution is 5.60. The van der Waals surface area contributed by atoms with Gasteiger partial charge in [-0.1, -0.05) is 23.4 Å². The van der Waals surface area contributed by atoms with Gasteiger partial charge < -0.3 is 4.42 Å². The maximum absolute atomic E-state index is 14.7. The molecule has 11 heteroatoms. The van der Waals surface area contributed by atoms with Crippen LogP contribution < -0.4 is 0 Å². The average molecular weight is 484 g/mol. The van der Waals surface area contributed by atoms with E-state index in [4.69, 9.17) is 4.42 Å². The van der Waals surface area contributed by atoms with E-state index in [9.17, 15) is 17.6 Å². The first-order valence-electron chi connectivity index (χ1n) is 11.2. The molecule has 0 amide bonds. The molecular formula is C24H20F4N6O. The van der Waals surface area contributed by atoms with Crippen LogP contribution in [0.15, 0.2) is 47.0 Å². The molecule has 7 nitrogen and oxygen atoms in total. The summed E-state index contributed by atoms with van der Waals surface area (Å²) in [4.78, 5) is 2.13. The molecule has 6 rings (SSSR count). The number of hydrogen-bond donors (Lipinski definition) is 0. The molecule has 0 spiro atoms. The van der Waals surface area contributed by atoms with E-state index < -0.39 is 23.8 Å². The first-order chi connectivity index (χ1) is 16.8. The van der Waals surface area contributed by atoms with E-state index in [0.717, 1.165) is 23.7 Å². The summed E-state index contributed by atoms with van der Waals surface area (Å²) in [5.41, 5.74) is 3.41. The van der Waals surface area contributed by atoms with Crippen LogP contribution in [0.25, 0.3) is 22.7 Å². The highest BCUT2D eigenvalue weighted by atomic mass is 19.3. The van der Waals surface area contributed by atoms with Gasteiger partial charge in [0.1, 0.15) is 17.2 Å². The summed E-state index contributed by atoms with van der Waals surface area (Å²) in [5, 5.41) is 15.1. The lowest BCUT2D eigenvalue weighted by Crippen LogP contribution is -2.26. The lowest BCUT2D eigenvalue weighted by molar-refractivity contribution is 0.116. The number of hydrogen-bond acceptors (Lipinski definition) is 6. The number of alkyl halides is 3. The number of halogens is 4. The van der Waals surface area contributed by atoms with Gasteiger partial charge in [-0.3, -0.25) is 4.90 Å². The van der Waals surface area contributed by atoms with Crippen molar-refractivity contribution in [2.24, 2.45) is 0 Å². The summed E-state index contributed by atoms with van der Waals surface area (Å²) in [6, 6.07) is 10.2. The fourth-order valence-electron chi connectivity index (χ4n) is 4.36. The second-order valence-electron chi connectivity index (χ2n) is 9.13. The van der Waals surface area contributed by atoms with Crippen molar-refractivity contribution < 1.29 is 22.0 Å². The van der Waals surface area contributed by atoms with Gasteiger partial charge in [0.25, 0.3) is 5.89 Å². The van der Waals surface area contributed by atoms with Crippen molar-refractivity contribution in [3.63, 3.8) is 0 Å². The van der Waals surface area contributed by atoms with Crippen molar-refractivity contribution >= 4 is 0 Å². The van der Waals surface area contributed by atoms with Gasteiger partial charge in [-0.05, 0) is 42.2 Å². The van der Waals surface area contributed by atoms with Crippen molar-refractivity contribution in [2.45, 2.75) is 44.6 Å². The van der Waals surface area contributed by atoms with Crippen molar-refractivity contribution in [1.82, 2.24) is 30.1 Å². The first kappa shape index (κ1) is 21.9. The van der Waals surface area contributed by atoms with Crippen LogP contribution in [0.3, 0.4) is 0 Å². The second-order valence-corrected chi connectivity index (χ2v) is 9.13. The molecule has 1 aliphatic heterocycles. The molecule has 0 radical (unpaired) electrons. The average Bonchev–Trinajstić information content (AvgIpc) is 3.26. The maximum Gasteiger partial charge on any atom is 0.314 e. The van der Waals surface area contributed by atoms with Gasteiger partial charge in [0.15, 0.2) is 0 Å². The number of benzene rings is 2. The predicted molar refractivity (Wildman–Crippen MR) is 116 cm³/mol. The molecule has 2 aliphatic rings. The number of rotatable bonds is 7. The maximum atomic E-state index is 14.7. The van der Waals surface area contributed by atoms with Crippen molar-refractivity contribution in [3.05, 3.63) is 71.0 Å². The lowest BCUT2D eigenvalue weighted by Gasteiger charge is -2.16. The van der Waals surface area contributed by atoms with Crippen LogP contribution in [0.5, 0.6) is 0 Å². The molecule has 0 N–H and O–H groups in total. The topological polar surface area (TPSA) is 72.9 Å². The minimum Gasteiger partial charge on any atom is -0.415 e. The van der Waals surface area contributed by atoms with Crippen LogP contribution in [-0.2, 0) is 19.6 Å². The van der Waals surface area contributed by atoms with Gasteiger partial charge >= 0.3 is 6.43 Å². The molecule has 180 valence electrons. The molecule has 3 heterocycles. The third-order valence-electron chi connectivity index (χ3n) is 6.39. The Labute approximate surface area is 197 Å². The molecule has 1 aliphatic carbocycles. The molecule has 1 fully saturated rings. The summed E-state index contributed by atoms with van der Waals surface area (Å²) in [6.45, 7) is 2.05. The molecule has 35 heavy (non-hydrogen) atoms. The monoisotopic (exact) mass is 484 g/mol. The number of fused-ring (bicyclic) bond motifs is 1. The fraction of sp³-hybridized carbons (Fsp3) is 0.333. The van der Waals surface area contributed by atoms with Crippen LogP contribution in [0.2, 0.25) is 0 Å². The van der Waals surface area contributed by atoms with Crippen molar-refractivity contribution in [1.29, 1.82) is 0 Å². The SMILES string of the molecule is Fc1cc(-c2nnc(C(F)F)o2)ccc1Cn1cc(-c2ccc3c(c2)CN(CC2(F)CC2)C3)nn1. The fourth-order valence-corrected chi connectivity index (χ4v) is 4.36. The van der Waals surface area contributed by atoms with Gasteiger partial charge in [-0.25, -0.2) is 13.5 Å². The Kier molecular flexibility index (Phi) is 5.17. The predicted octanol–water partition coefficient (Wildman–Crippen LogP) is 4.94. The summed E-state index contributed by atoms with van der Waals surface area (Å²) < 4.78 is 60.5. The van der Waals surface area contributed by atoms with E-state index in [-0.39, 0.29) is 18.0 Å². The zero-order chi connectivity index (χ0) is 24.2. The molecule has 4 aromatic rings. The Morgan fingerprint density at radius 2 is 1.77 bits per heavy atom. The minimum atomic E-state index is -2.89. The Bertz CT molecular complexity index is 1400. The van der Waals surface area contributed by atoms with Gasteiger partial charge in [0.05, 0.1) is 12.7 Å². The largest absolute Gasteiger partial charge is 0.415 e. The van der Waals surface area contributed by atoms with Crippen LogP contribution in [0, 0.1) is 5.82 Å². The first-order valence-corrected chi connectivity index (χ1v) is 11.2. The summed E-state index contributed by atoms with van der Waals surface area (Å²) in [6.07, 6.45) is 0.133. The van der Waals surface area contributed by atoms with Crippen LogP contribution >= 0.6 is 0 Å². The molecule has 2 aromatic heterocycles. The molecule has 1 saturated carbocycles. The van der Waals surface area contributed by atoms with E-state index in [0.29, 0.717) is 37.2 Å². The number of aromatic nitrogens is 5. The van der Waals surface area contributed by atoms with Gasteiger partial charge in [-0.2, -0.15) is 8.78 Å². The Morgan fingerprint density at radius 1 is 0.971 bits per heavy atom. The highest BCUT2D eigenvalue weighted by Gasteiger charge is 2.45. The lowest BCUT2D eigenvalue weighted by atomic mass is 10.0. The zero-order valence-electron chi connectivity index (χ0n) is 18.5. The van der Waals surface area contributed by atoms with Gasteiger partial charge in [0.2, 0.25) is 5.89 Å². The van der Waals surface area contributed by atoms with Crippen LogP contribution in [0.1, 0.15) is 41.8 Å². The molecule has 0 bridgehead atoms. The normalized spacial score (nSPS) is 16.7. The Balaban J connectivity index is 1.15. The molecule has 0 unspecified atom stereocenters. The molecule has 0 atom stereocenters. The van der Waals surface area contributed by atoms with Crippen LogP contribution in [-0.4, -0.2) is 42.3 Å². The Hall–Kier alpha value is -3.60. The van der Waals surface area contributed by atoms with Crippen molar-refractivity contribution in [2.75, 3.05) is 6.54 Å². The van der Waals surface area contributed by atoms with E-state index in [1.807, 2.05) is 12.1 Å². The molecule has 0 saturated heterocycles. The smallest absolute Gasteiger partial charge is 0.314 e. The summed E-state index contributed by atoms with van der Waals surface area (Å²) in [5.74, 6) is -1.55. The summed E-state index contributed by atoms with van der Waals surface area (Å²) in [7, 11) is 0. The third kappa shape index (κ3) is 4.43. The zero-order valence-corrected chi connectivity index (χ0v) is 18.5. The molecule has 2 aromatic carbocycles. The summed E-state index contributed by atoms with van der Waals surface area (Å²) >= 11 is 0. The minimum absolute atomic E-state index is 0.128. The molecular weight excluding hydrogens is 464 g/mol. The van der Waals surface area contributed by atoms with Crippen molar-refractivity contribution in [3.8, 4) is 22.7 Å². The van der Waals surface area contributed by atoms with Gasteiger partial charge in [0, 0.05) is 36.3 Å². The number of nitrogens with zero attached hydrogens (tertiary/aromatic N) is 6. The van der Waals surface area contributed by atoms with Gasteiger partial charge in [-0.15, -0.1) is 15.3 Å². The highest BCUT2D eigenvalue weighted by Crippen LogP contribution is 2.42.